The molecule has 1 amide bonds. The maximum Gasteiger partial charge on any atom is 0.295 e. The number of amides is 1. The number of hydrogen-bond acceptors (Lipinski definition) is 5. The molecule has 1 N–H and O–H groups in total. The SMILES string of the molecule is COc1cccc(C2/C(=C(/O)c3ccc(Br)c(C)c3)C(=O)C(=O)N2Cc2ccncc2)c1. The van der Waals surface area contributed by atoms with E-state index in [4.69, 9.17) is 4.74 Å². The van der Waals surface area contributed by atoms with Gasteiger partial charge in [0.1, 0.15) is 11.5 Å². The van der Waals surface area contributed by atoms with Gasteiger partial charge in [-0.3, -0.25) is 14.6 Å². The van der Waals surface area contributed by atoms with Gasteiger partial charge in [-0.15, -0.1) is 0 Å². The van der Waals surface area contributed by atoms with Crippen LogP contribution in [0.2, 0.25) is 0 Å². The molecule has 1 saturated heterocycles. The number of ether oxygens (including phenoxy) is 1. The summed E-state index contributed by atoms with van der Waals surface area (Å²) >= 11 is 3.45. The quantitative estimate of drug-likeness (QED) is 0.314. The van der Waals surface area contributed by atoms with Crippen LogP contribution in [0.5, 0.6) is 5.75 Å². The monoisotopic (exact) mass is 492 g/mol. The standard InChI is InChI=1S/C25H21BrN2O4/c1-15-12-18(6-7-20(15)26)23(29)21-22(17-4-3-5-19(13-17)32-2)28(25(31)24(21)30)14-16-8-10-27-11-9-16/h3-13,22,29H,14H2,1-2H3/b23-21-. The van der Waals surface area contributed by atoms with Crippen molar-refractivity contribution in [1.29, 1.82) is 0 Å². The first-order valence-corrected chi connectivity index (χ1v) is 10.8. The molecular weight excluding hydrogens is 472 g/mol. The summed E-state index contributed by atoms with van der Waals surface area (Å²) in [6, 6.07) is 15.3. The van der Waals surface area contributed by atoms with Gasteiger partial charge in [0.15, 0.2) is 0 Å². The van der Waals surface area contributed by atoms with Crippen LogP contribution in [-0.4, -0.2) is 33.8 Å². The Labute approximate surface area is 194 Å². The van der Waals surface area contributed by atoms with Crippen molar-refractivity contribution in [2.24, 2.45) is 0 Å². The minimum Gasteiger partial charge on any atom is -0.507 e. The average molecular weight is 493 g/mol. The molecule has 0 aliphatic carbocycles. The smallest absolute Gasteiger partial charge is 0.295 e. The van der Waals surface area contributed by atoms with Crippen molar-refractivity contribution in [3.63, 3.8) is 0 Å². The van der Waals surface area contributed by atoms with Crippen LogP contribution in [0.15, 0.2) is 77.0 Å². The van der Waals surface area contributed by atoms with Gasteiger partial charge in [-0.05, 0) is 60.0 Å². The third-order valence-electron chi connectivity index (χ3n) is 5.48. The summed E-state index contributed by atoms with van der Waals surface area (Å²) in [7, 11) is 1.55. The minimum absolute atomic E-state index is 0.0547. The third kappa shape index (κ3) is 4.03. The van der Waals surface area contributed by atoms with E-state index >= 15 is 0 Å². The Kier molecular flexibility index (Phi) is 6.10. The molecule has 3 aromatic rings. The summed E-state index contributed by atoms with van der Waals surface area (Å²) in [6.45, 7) is 2.09. The summed E-state index contributed by atoms with van der Waals surface area (Å²) in [5, 5.41) is 11.2. The van der Waals surface area contributed by atoms with E-state index in [0.29, 0.717) is 16.9 Å². The number of aliphatic hydroxyl groups is 1. The number of carbonyl (C=O) groups excluding carboxylic acids is 2. The van der Waals surface area contributed by atoms with Crippen LogP contribution in [0.4, 0.5) is 0 Å². The molecule has 162 valence electrons. The van der Waals surface area contributed by atoms with E-state index in [1.54, 1.807) is 68.0 Å². The van der Waals surface area contributed by atoms with Gasteiger partial charge < -0.3 is 14.7 Å². The van der Waals surface area contributed by atoms with Gasteiger partial charge in [0.25, 0.3) is 11.7 Å². The van der Waals surface area contributed by atoms with Crippen LogP contribution in [0.3, 0.4) is 0 Å². The fourth-order valence-electron chi connectivity index (χ4n) is 3.83. The summed E-state index contributed by atoms with van der Waals surface area (Å²) in [6.07, 6.45) is 3.27. The fraction of sp³-hybridized carbons (Fsp3) is 0.160. The van der Waals surface area contributed by atoms with Gasteiger partial charge in [-0.25, -0.2) is 0 Å². The van der Waals surface area contributed by atoms with Gasteiger partial charge in [-0.2, -0.15) is 0 Å². The zero-order valence-corrected chi connectivity index (χ0v) is 19.2. The van der Waals surface area contributed by atoms with E-state index in [1.165, 1.54) is 4.90 Å². The van der Waals surface area contributed by atoms with Gasteiger partial charge in [-0.1, -0.05) is 34.1 Å². The number of pyridine rings is 1. The maximum atomic E-state index is 13.1. The molecular formula is C25H21BrN2O4. The summed E-state index contributed by atoms with van der Waals surface area (Å²) < 4.78 is 6.24. The van der Waals surface area contributed by atoms with Crippen molar-refractivity contribution in [2.45, 2.75) is 19.5 Å². The number of aryl methyl sites for hydroxylation is 1. The molecule has 32 heavy (non-hydrogen) atoms. The van der Waals surface area contributed by atoms with Gasteiger partial charge in [0.2, 0.25) is 0 Å². The number of aromatic nitrogens is 1. The average Bonchev–Trinajstić information content (AvgIpc) is 3.06. The van der Waals surface area contributed by atoms with Crippen LogP contribution >= 0.6 is 15.9 Å². The lowest BCUT2D eigenvalue weighted by Crippen LogP contribution is -2.29. The largest absolute Gasteiger partial charge is 0.507 e. The molecule has 0 bridgehead atoms. The lowest BCUT2D eigenvalue weighted by Gasteiger charge is -2.25. The summed E-state index contributed by atoms with van der Waals surface area (Å²) in [4.78, 5) is 31.7. The van der Waals surface area contributed by atoms with E-state index in [0.717, 1.165) is 15.6 Å². The van der Waals surface area contributed by atoms with Crippen molar-refractivity contribution in [3.05, 3.63) is 99.3 Å². The number of nitrogens with zero attached hydrogens (tertiary/aromatic N) is 2. The first kappa shape index (κ1) is 21.8. The Balaban J connectivity index is 1.89. The normalized spacial score (nSPS) is 17.6. The molecule has 1 atom stereocenters. The number of Topliss-reactive ketones (excluding diaryl/α,β-unsaturated/α-hetero) is 1. The Hall–Kier alpha value is -3.45. The van der Waals surface area contributed by atoms with Crippen molar-refractivity contribution < 1.29 is 19.4 Å². The molecule has 1 aliphatic rings. The molecule has 1 aliphatic heterocycles. The number of carbonyl (C=O) groups is 2. The molecule has 0 saturated carbocycles. The van der Waals surface area contributed by atoms with Crippen molar-refractivity contribution >= 4 is 33.4 Å². The molecule has 0 spiro atoms. The molecule has 2 aromatic carbocycles. The topological polar surface area (TPSA) is 79.7 Å². The van der Waals surface area contributed by atoms with Crippen molar-refractivity contribution in [1.82, 2.24) is 9.88 Å². The van der Waals surface area contributed by atoms with Gasteiger partial charge in [0, 0.05) is 29.0 Å². The predicted molar refractivity (Wildman–Crippen MR) is 124 cm³/mol. The second-order valence-corrected chi connectivity index (χ2v) is 8.38. The van der Waals surface area contributed by atoms with Crippen LogP contribution in [0.1, 0.15) is 28.3 Å². The number of benzene rings is 2. The predicted octanol–water partition coefficient (Wildman–Crippen LogP) is 4.78. The van der Waals surface area contributed by atoms with Crippen molar-refractivity contribution in [2.75, 3.05) is 7.11 Å². The third-order valence-corrected chi connectivity index (χ3v) is 6.37. The maximum absolute atomic E-state index is 13.1. The lowest BCUT2D eigenvalue weighted by molar-refractivity contribution is -0.140. The zero-order valence-electron chi connectivity index (χ0n) is 17.6. The molecule has 1 aromatic heterocycles. The van der Waals surface area contributed by atoms with Crippen LogP contribution in [-0.2, 0) is 16.1 Å². The Morgan fingerprint density at radius 3 is 2.56 bits per heavy atom. The Morgan fingerprint density at radius 2 is 1.88 bits per heavy atom. The second kappa shape index (κ2) is 8.96. The number of likely N-dealkylation sites (tertiary alicyclic amines) is 1. The van der Waals surface area contributed by atoms with E-state index in [1.807, 2.05) is 13.0 Å². The van der Waals surface area contributed by atoms with Gasteiger partial charge in [0.05, 0.1) is 18.7 Å². The molecule has 7 heteroatoms. The summed E-state index contributed by atoms with van der Waals surface area (Å²) in [5.74, 6) is -0.990. The van der Waals surface area contributed by atoms with Crippen LogP contribution in [0.25, 0.3) is 5.76 Å². The Morgan fingerprint density at radius 1 is 1.12 bits per heavy atom. The molecule has 6 nitrogen and oxygen atoms in total. The van der Waals surface area contributed by atoms with E-state index in [-0.39, 0.29) is 17.9 Å². The number of ketones is 1. The highest BCUT2D eigenvalue weighted by molar-refractivity contribution is 9.10. The van der Waals surface area contributed by atoms with Gasteiger partial charge >= 0.3 is 0 Å². The number of methoxy groups -OCH3 is 1. The Bertz CT molecular complexity index is 1220. The van der Waals surface area contributed by atoms with E-state index in [9.17, 15) is 14.7 Å². The highest BCUT2D eigenvalue weighted by atomic mass is 79.9. The molecule has 0 radical (unpaired) electrons. The molecule has 2 heterocycles. The second-order valence-electron chi connectivity index (χ2n) is 7.52. The lowest BCUT2D eigenvalue weighted by atomic mass is 9.94. The number of hydrogen-bond donors (Lipinski definition) is 1. The van der Waals surface area contributed by atoms with E-state index in [2.05, 4.69) is 20.9 Å². The zero-order chi connectivity index (χ0) is 22.8. The highest BCUT2D eigenvalue weighted by Crippen LogP contribution is 2.41. The highest BCUT2D eigenvalue weighted by Gasteiger charge is 2.46. The molecule has 4 rings (SSSR count). The van der Waals surface area contributed by atoms with E-state index < -0.39 is 17.7 Å². The van der Waals surface area contributed by atoms with Crippen molar-refractivity contribution in [3.8, 4) is 5.75 Å². The van der Waals surface area contributed by atoms with Crippen LogP contribution < -0.4 is 4.74 Å². The molecule has 1 fully saturated rings. The summed E-state index contributed by atoms with van der Waals surface area (Å²) in [5.41, 5.74) is 2.93. The number of rotatable bonds is 5. The first-order valence-electron chi connectivity index (χ1n) is 9.98. The van der Waals surface area contributed by atoms with Crippen LogP contribution in [0, 0.1) is 6.92 Å². The number of aliphatic hydroxyl groups excluding tert-OH is 1. The molecule has 1 unspecified atom stereocenters. The first-order chi connectivity index (χ1) is 15.4. The minimum atomic E-state index is -0.762. The fourth-order valence-corrected chi connectivity index (χ4v) is 4.08. The number of halogens is 1.